The molecule has 2 N–H and O–H groups in total. The van der Waals surface area contributed by atoms with Crippen LogP contribution in [0.4, 0.5) is 5.69 Å². The summed E-state index contributed by atoms with van der Waals surface area (Å²) in [6.45, 7) is 0. The normalized spacial score (nSPS) is 10.1. The average Bonchev–Trinajstić information content (AvgIpc) is 2.85. The zero-order valence-electron chi connectivity index (χ0n) is 8.88. The van der Waals surface area contributed by atoms with Crippen LogP contribution in [0.25, 0.3) is 0 Å². The summed E-state index contributed by atoms with van der Waals surface area (Å²) in [6, 6.07) is 4.10. The summed E-state index contributed by atoms with van der Waals surface area (Å²) >= 11 is 7.07. The summed E-state index contributed by atoms with van der Waals surface area (Å²) in [5, 5.41) is 11.7. The number of aromatic carboxylic acids is 1. The van der Waals surface area contributed by atoms with E-state index in [1.165, 1.54) is 41.2 Å². The molecule has 0 unspecified atom stereocenters. The summed E-state index contributed by atoms with van der Waals surface area (Å²) in [4.78, 5) is 26.8. The van der Waals surface area contributed by atoms with Gasteiger partial charge in [0.25, 0.3) is 5.91 Å². The minimum absolute atomic E-state index is 0.0546. The molecule has 0 radical (unpaired) electrons. The number of thiazole rings is 1. The molecule has 92 valence electrons. The lowest BCUT2D eigenvalue weighted by Gasteiger charge is -2.06. The van der Waals surface area contributed by atoms with Gasteiger partial charge in [-0.2, -0.15) is 0 Å². The summed E-state index contributed by atoms with van der Waals surface area (Å²) in [6.07, 6.45) is 1.43. The molecule has 5 nitrogen and oxygen atoms in total. The quantitative estimate of drug-likeness (QED) is 0.907. The number of amides is 1. The maximum Gasteiger partial charge on any atom is 0.335 e. The highest BCUT2D eigenvalue weighted by Gasteiger charge is 2.12. The Labute approximate surface area is 111 Å². The predicted molar refractivity (Wildman–Crippen MR) is 68.5 cm³/mol. The van der Waals surface area contributed by atoms with Crippen molar-refractivity contribution in [3.63, 3.8) is 0 Å². The molecule has 1 amide bonds. The lowest BCUT2D eigenvalue weighted by molar-refractivity contribution is 0.0696. The molecule has 1 aromatic heterocycles. The van der Waals surface area contributed by atoms with E-state index in [4.69, 9.17) is 16.7 Å². The van der Waals surface area contributed by atoms with Gasteiger partial charge in [0, 0.05) is 0 Å². The second-order valence-corrected chi connectivity index (χ2v) is 4.61. The van der Waals surface area contributed by atoms with Crippen LogP contribution >= 0.6 is 22.9 Å². The first-order chi connectivity index (χ1) is 8.58. The number of carbonyl (C=O) groups excluding carboxylic acids is 1. The third-order valence-electron chi connectivity index (χ3n) is 2.12. The number of carbonyl (C=O) groups is 2. The van der Waals surface area contributed by atoms with E-state index in [2.05, 4.69) is 10.3 Å². The van der Waals surface area contributed by atoms with Gasteiger partial charge in [0.15, 0.2) is 0 Å². The maximum absolute atomic E-state index is 11.8. The lowest BCUT2D eigenvalue weighted by Crippen LogP contribution is -2.11. The van der Waals surface area contributed by atoms with Gasteiger partial charge in [-0.3, -0.25) is 9.78 Å². The summed E-state index contributed by atoms with van der Waals surface area (Å²) in [5.41, 5.74) is 1.85. The highest BCUT2D eigenvalue weighted by molar-refractivity contribution is 7.11. The Bertz CT molecular complexity index is 598. The Kier molecular flexibility index (Phi) is 3.59. The van der Waals surface area contributed by atoms with E-state index in [9.17, 15) is 9.59 Å². The molecule has 0 spiro atoms. The number of halogens is 1. The molecule has 0 aliphatic carbocycles. The minimum atomic E-state index is -1.08. The number of hydrogen-bond acceptors (Lipinski definition) is 4. The molecule has 18 heavy (non-hydrogen) atoms. The predicted octanol–water partition coefficient (Wildman–Crippen LogP) is 2.75. The van der Waals surface area contributed by atoms with Crippen molar-refractivity contribution in [3.05, 3.63) is 45.4 Å². The summed E-state index contributed by atoms with van der Waals surface area (Å²) in [5.74, 6) is -1.46. The molecule has 0 aliphatic heterocycles. The van der Waals surface area contributed by atoms with Gasteiger partial charge in [0.05, 0.1) is 28.0 Å². The van der Waals surface area contributed by atoms with Crippen LogP contribution in [0, 0.1) is 0 Å². The van der Waals surface area contributed by atoms with Crippen molar-refractivity contribution >= 4 is 40.5 Å². The molecule has 2 aromatic rings. The van der Waals surface area contributed by atoms with Gasteiger partial charge in [0.1, 0.15) is 4.88 Å². The topological polar surface area (TPSA) is 79.3 Å². The Morgan fingerprint density at radius 2 is 2.17 bits per heavy atom. The highest BCUT2D eigenvalue weighted by Crippen LogP contribution is 2.24. The van der Waals surface area contributed by atoms with Crippen molar-refractivity contribution < 1.29 is 14.7 Å². The Balaban J connectivity index is 2.26. The Morgan fingerprint density at radius 3 is 2.78 bits per heavy atom. The van der Waals surface area contributed by atoms with Crippen molar-refractivity contribution in [1.82, 2.24) is 4.98 Å². The molecule has 0 saturated heterocycles. The van der Waals surface area contributed by atoms with Gasteiger partial charge in [-0.25, -0.2) is 4.79 Å². The lowest BCUT2D eigenvalue weighted by atomic mass is 10.2. The first-order valence-corrected chi connectivity index (χ1v) is 6.06. The van der Waals surface area contributed by atoms with E-state index >= 15 is 0 Å². The SMILES string of the molecule is O=C(O)c1ccc(Cl)c(NC(=O)c2cncs2)c1. The number of rotatable bonds is 3. The van der Waals surface area contributed by atoms with E-state index in [0.29, 0.717) is 4.88 Å². The fourth-order valence-electron chi connectivity index (χ4n) is 1.27. The van der Waals surface area contributed by atoms with Crippen molar-refractivity contribution in [2.45, 2.75) is 0 Å². The van der Waals surface area contributed by atoms with Gasteiger partial charge in [0.2, 0.25) is 0 Å². The second-order valence-electron chi connectivity index (χ2n) is 3.32. The molecular weight excluding hydrogens is 276 g/mol. The molecule has 0 atom stereocenters. The number of carboxylic acids is 1. The van der Waals surface area contributed by atoms with Crippen LogP contribution in [-0.4, -0.2) is 22.0 Å². The standard InChI is InChI=1S/C11H7ClN2O3S/c12-7-2-1-6(11(16)17)3-8(7)14-10(15)9-4-13-5-18-9/h1-5H,(H,14,15)(H,16,17). The Hall–Kier alpha value is -1.92. The number of benzene rings is 1. The highest BCUT2D eigenvalue weighted by atomic mass is 35.5. The van der Waals surface area contributed by atoms with Crippen molar-refractivity contribution in [3.8, 4) is 0 Å². The van der Waals surface area contributed by atoms with E-state index in [1.807, 2.05) is 0 Å². The maximum atomic E-state index is 11.8. The number of anilines is 1. The smallest absolute Gasteiger partial charge is 0.335 e. The number of carboxylic acid groups (broad SMARTS) is 1. The van der Waals surface area contributed by atoms with Gasteiger partial charge in [-0.1, -0.05) is 11.6 Å². The third kappa shape index (κ3) is 2.66. The summed E-state index contributed by atoms with van der Waals surface area (Å²) < 4.78 is 0. The van der Waals surface area contributed by atoms with E-state index < -0.39 is 5.97 Å². The second kappa shape index (κ2) is 5.16. The van der Waals surface area contributed by atoms with Crippen LogP contribution in [0.15, 0.2) is 29.9 Å². The number of aromatic nitrogens is 1. The first-order valence-electron chi connectivity index (χ1n) is 4.80. The fraction of sp³-hybridized carbons (Fsp3) is 0. The van der Waals surface area contributed by atoms with Gasteiger partial charge in [-0.15, -0.1) is 11.3 Å². The number of hydrogen-bond donors (Lipinski definition) is 2. The van der Waals surface area contributed by atoms with Gasteiger partial charge >= 0.3 is 5.97 Å². The molecular formula is C11H7ClN2O3S. The van der Waals surface area contributed by atoms with Crippen molar-refractivity contribution in [2.75, 3.05) is 5.32 Å². The average molecular weight is 283 g/mol. The van der Waals surface area contributed by atoms with Crippen molar-refractivity contribution in [2.24, 2.45) is 0 Å². The fourth-order valence-corrected chi connectivity index (χ4v) is 1.95. The minimum Gasteiger partial charge on any atom is -0.478 e. The molecule has 0 aliphatic rings. The molecule has 0 saturated carbocycles. The third-order valence-corrected chi connectivity index (χ3v) is 3.22. The van der Waals surface area contributed by atoms with Crippen LogP contribution in [-0.2, 0) is 0 Å². The first kappa shape index (κ1) is 12.5. The van der Waals surface area contributed by atoms with Gasteiger partial charge < -0.3 is 10.4 Å². The van der Waals surface area contributed by atoms with Crippen LogP contribution in [0.3, 0.4) is 0 Å². The zero-order valence-corrected chi connectivity index (χ0v) is 10.5. The largest absolute Gasteiger partial charge is 0.478 e. The van der Waals surface area contributed by atoms with E-state index in [-0.39, 0.29) is 22.2 Å². The van der Waals surface area contributed by atoms with Crippen molar-refractivity contribution in [1.29, 1.82) is 0 Å². The van der Waals surface area contributed by atoms with Crippen LogP contribution in [0.1, 0.15) is 20.0 Å². The zero-order chi connectivity index (χ0) is 13.1. The molecule has 1 heterocycles. The molecule has 2 rings (SSSR count). The Morgan fingerprint density at radius 1 is 1.39 bits per heavy atom. The number of nitrogens with one attached hydrogen (secondary N) is 1. The molecule has 0 fully saturated rings. The summed E-state index contributed by atoms with van der Waals surface area (Å²) in [7, 11) is 0. The monoisotopic (exact) mass is 282 g/mol. The van der Waals surface area contributed by atoms with Crippen LogP contribution in [0.2, 0.25) is 5.02 Å². The number of nitrogens with zero attached hydrogens (tertiary/aromatic N) is 1. The van der Waals surface area contributed by atoms with Crippen LogP contribution < -0.4 is 5.32 Å². The molecule has 1 aromatic carbocycles. The molecule has 0 bridgehead atoms. The van der Waals surface area contributed by atoms with Crippen LogP contribution in [0.5, 0.6) is 0 Å². The van der Waals surface area contributed by atoms with Gasteiger partial charge in [-0.05, 0) is 18.2 Å². The molecule has 7 heteroatoms. The van der Waals surface area contributed by atoms with E-state index in [1.54, 1.807) is 0 Å². The van der Waals surface area contributed by atoms with E-state index in [0.717, 1.165) is 0 Å².